The summed E-state index contributed by atoms with van der Waals surface area (Å²) in [6.07, 6.45) is 2.20. The lowest BCUT2D eigenvalue weighted by atomic mass is 10.0. The summed E-state index contributed by atoms with van der Waals surface area (Å²) in [5, 5.41) is 6.89. The maximum absolute atomic E-state index is 12.7. The van der Waals surface area contributed by atoms with Gasteiger partial charge in [-0.1, -0.05) is 12.1 Å². The van der Waals surface area contributed by atoms with Crippen LogP contribution < -0.4 is 15.4 Å². The Balaban J connectivity index is 1.69. The molecule has 164 valence electrons. The molecule has 1 aromatic heterocycles. The van der Waals surface area contributed by atoms with E-state index >= 15 is 0 Å². The standard InChI is InChI=1S/C24H30N4O3/c1-17(29)25-22(18-5-8-21(31-4)9-6-18)16-24(30)26-20-7-10-23-19(15-20)11-12-28(23)14-13-27(2)3/h5-12,15,22H,13-14,16H2,1-4H3,(H,25,29)(H,26,30). The number of nitrogens with one attached hydrogen (secondary N) is 2. The Labute approximate surface area is 183 Å². The molecule has 7 heteroatoms. The largest absolute Gasteiger partial charge is 0.497 e. The molecule has 2 aromatic carbocycles. The fourth-order valence-electron chi connectivity index (χ4n) is 3.51. The molecule has 0 radical (unpaired) electrons. The molecule has 0 saturated carbocycles. The Kier molecular flexibility index (Phi) is 7.31. The summed E-state index contributed by atoms with van der Waals surface area (Å²) in [4.78, 5) is 26.5. The Bertz CT molecular complexity index is 1040. The van der Waals surface area contributed by atoms with Crippen molar-refractivity contribution in [2.75, 3.05) is 33.1 Å². The first-order valence-corrected chi connectivity index (χ1v) is 10.3. The van der Waals surface area contributed by atoms with Crippen LogP contribution in [0.2, 0.25) is 0 Å². The van der Waals surface area contributed by atoms with Crippen LogP contribution >= 0.6 is 0 Å². The van der Waals surface area contributed by atoms with Gasteiger partial charge >= 0.3 is 0 Å². The van der Waals surface area contributed by atoms with Crippen molar-refractivity contribution in [3.8, 4) is 5.75 Å². The molecule has 0 aliphatic rings. The minimum absolute atomic E-state index is 0.133. The minimum Gasteiger partial charge on any atom is -0.497 e. The van der Waals surface area contributed by atoms with Gasteiger partial charge in [0.25, 0.3) is 0 Å². The molecular formula is C24H30N4O3. The van der Waals surface area contributed by atoms with Crippen molar-refractivity contribution >= 4 is 28.4 Å². The Hall–Kier alpha value is -3.32. The van der Waals surface area contributed by atoms with Gasteiger partial charge in [0, 0.05) is 42.8 Å². The van der Waals surface area contributed by atoms with Gasteiger partial charge in [0.2, 0.25) is 11.8 Å². The third-order valence-corrected chi connectivity index (χ3v) is 5.13. The first kappa shape index (κ1) is 22.4. The normalized spacial score (nSPS) is 12.0. The summed E-state index contributed by atoms with van der Waals surface area (Å²) in [6, 6.07) is 14.9. The maximum Gasteiger partial charge on any atom is 0.226 e. The number of carbonyl (C=O) groups excluding carboxylic acids is 2. The number of hydrogen-bond donors (Lipinski definition) is 2. The SMILES string of the molecule is COc1ccc(C(CC(=O)Nc2ccc3c(ccn3CCN(C)C)c2)NC(C)=O)cc1. The Morgan fingerprint density at radius 1 is 1.10 bits per heavy atom. The van der Waals surface area contributed by atoms with E-state index in [0.717, 1.165) is 41.0 Å². The summed E-state index contributed by atoms with van der Waals surface area (Å²) in [7, 11) is 5.71. The number of nitrogens with zero attached hydrogens (tertiary/aromatic N) is 2. The first-order valence-electron chi connectivity index (χ1n) is 10.3. The molecule has 7 nitrogen and oxygen atoms in total. The number of benzene rings is 2. The number of anilines is 1. The van der Waals surface area contributed by atoms with E-state index in [1.165, 1.54) is 6.92 Å². The van der Waals surface area contributed by atoms with Gasteiger partial charge in [-0.25, -0.2) is 0 Å². The lowest BCUT2D eigenvalue weighted by Crippen LogP contribution is -2.29. The third-order valence-electron chi connectivity index (χ3n) is 5.13. The first-order chi connectivity index (χ1) is 14.9. The van der Waals surface area contributed by atoms with Crippen molar-refractivity contribution in [3.63, 3.8) is 0 Å². The second-order valence-corrected chi connectivity index (χ2v) is 7.86. The van der Waals surface area contributed by atoms with E-state index in [1.54, 1.807) is 7.11 Å². The molecule has 1 heterocycles. The molecule has 3 rings (SSSR count). The predicted molar refractivity (Wildman–Crippen MR) is 123 cm³/mol. The van der Waals surface area contributed by atoms with Gasteiger partial charge in [0.15, 0.2) is 0 Å². The topological polar surface area (TPSA) is 75.6 Å². The smallest absolute Gasteiger partial charge is 0.226 e. The van der Waals surface area contributed by atoms with Gasteiger partial charge < -0.3 is 24.8 Å². The number of hydrogen-bond acceptors (Lipinski definition) is 4. The molecular weight excluding hydrogens is 392 g/mol. The average molecular weight is 423 g/mol. The van der Waals surface area contributed by atoms with Crippen LogP contribution in [0.4, 0.5) is 5.69 Å². The summed E-state index contributed by atoms with van der Waals surface area (Å²) in [5.41, 5.74) is 2.72. The molecule has 1 unspecified atom stereocenters. The van der Waals surface area contributed by atoms with Crippen molar-refractivity contribution in [1.82, 2.24) is 14.8 Å². The highest BCUT2D eigenvalue weighted by atomic mass is 16.5. The third kappa shape index (κ3) is 6.08. The second kappa shape index (κ2) is 10.1. The van der Waals surface area contributed by atoms with Gasteiger partial charge in [-0.3, -0.25) is 9.59 Å². The number of likely N-dealkylation sites (N-methyl/N-ethyl adjacent to an activating group) is 1. The van der Waals surface area contributed by atoms with E-state index in [9.17, 15) is 9.59 Å². The molecule has 0 spiro atoms. The van der Waals surface area contributed by atoms with Crippen LogP contribution in [0.25, 0.3) is 10.9 Å². The van der Waals surface area contributed by atoms with Crippen molar-refractivity contribution in [2.24, 2.45) is 0 Å². The number of ether oxygens (including phenoxy) is 1. The van der Waals surface area contributed by atoms with E-state index in [-0.39, 0.29) is 18.2 Å². The van der Waals surface area contributed by atoms with Crippen LogP contribution in [0, 0.1) is 0 Å². The molecule has 0 aliphatic carbocycles. The highest BCUT2D eigenvalue weighted by molar-refractivity contribution is 5.94. The maximum atomic E-state index is 12.7. The van der Waals surface area contributed by atoms with Gasteiger partial charge in [-0.2, -0.15) is 0 Å². The van der Waals surface area contributed by atoms with Crippen molar-refractivity contribution in [3.05, 3.63) is 60.3 Å². The van der Waals surface area contributed by atoms with E-state index in [1.807, 2.05) is 42.5 Å². The van der Waals surface area contributed by atoms with Crippen LogP contribution in [-0.2, 0) is 16.1 Å². The van der Waals surface area contributed by atoms with Gasteiger partial charge in [-0.15, -0.1) is 0 Å². The number of rotatable bonds is 9. The number of aromatic nitrogens is 1. The number of fused-ring (bicyclic) bond motifs is 1. The van der Waals surface area contributed by atoms with E-state index in [0.29, 0.717) is 0 Å². The Morgan fingerprint density at radius 2 is 1.84 bits per heavy atom. The highest BCUT2D eigenvalue weighted by Crippen LogP contribution is 2.23. The number of amides is 2. The van der Waals surface area contributed by atoms with Crippen LogP contribution in [0.5, 0.6) is 5.75 Å². The molecule has 1 atom stereocenters. The average Bonchev–Trinajstić information content (AvgIpc) is 3.13. The molecule has 2 amide bonds. The summed E-state index contributed by atoms with van der Waals surface area (Å²) >= 11 is 0. The van der Waals surface area contributed by atoms with Gasteiger partial charge in [-0.05, 0) is 56.1 Å². The van der Waals surface area contributed by atoms with E-state index < -0.39 is 6.04 Å². The van der Waals surface area contributed by atoms with Crippen LogP contribution in [0.1, 0.15) is 24.9 Å². The molecule has 3 aromatic rings. The van der Waals surface area contributed by atoms with Gasteiger partial charge in [0.05, 0.1) is 19.6 Å². The fourth-order valence-corrected chi connectivity index (χ4v) is 3.51. The number of methoxy groups -OCH3 is 1. The fraction of sp³-hybridized carbons (Fsp3) is 0.333. The van der Waals surface area contributed by atoms with Crippen molar-refractivity contribution in [1.29, 1.82) is 0 Å². The zero-order chi connectivity index (χ0) is 22.4. The molecule has 0 fully saturated rings. The lowest BCUT2D eigenvalue weighted by molar-refractivity contribution is -0.120. The van der Waals surface area contributed by atoms with Crippen molar-refractivity contribution < 1.29 is 14.3 Å². The summed E-state index contributed by atoms with van der Waals surface area (Å²) in [5.74, 6) is 0.371. The van der Waals surface area contributed by atoms with Crippen LogP contribution in [0.15, 0.2) is 54.7 Å². The van der Waals surface area contributed by atoms with E-state index in [4.69, 9.17) is 4.74 Å². The zero-order valence-corrected chi connectivity index (χ0v) is 18.5. The quantitative estimate of drug-likeness (QED) is 0.554. The highest BCUT2D eigenvalue weighted by Gasteiger charge is 2.18. The molecule has 0 aliphatic heterocycles. The summed E-state index contributed by atoms with van der Waals surface area (Å²) < 4.78 is 7.39. The van der Waals surface area contributed by atoms with Crippen molar-refractivity contribution in [2.45, 2.75) is 25.9 Å². The second-order valence-electron chi connectivity index (χ2n) is 7.86. The molecule has 0 saturated heterocycles. The zero-order valence-electron chi connectivity index (χ0n) is 18.5. The van der Waals surface area contributed by atoms with Crippen LogP contribution in [-0.4, -0.2) is 49.0 Å². The minimum atomic E-state index is -0.417. The number of carbonyl (C=O) groups is 2. The monoisotopic (exact) mass is 422 g/mol. The van der Waals surface area contributed by atoms with Crippen LogP contribution in [0.3, 0.4) is 0 Å². The predicted octanol–water partition coefficient (Wildman–Crippen LogP) is 3.42. The Morgan fingerprint density at radius 3 is 2.48 bits per heavy atom. The molecule has 0 bridgehead atoms. The van der Waals surface area contributed by atoms with E-state index in [2.05, 4.69) is 46.5 Å². The summed E-state index contributed by atoms with van der Waals surface area (Å²) in [6.45, 7) is 3.31. The molecule has 2 N–H and O–H groups in total. The molecule has 31 heavy (non-hydrogen) atoms. The van der Waals surface area contributed by atoms with Gasteiger partial charge in [0.1, 0.15) is 5.75 Å². The lowest BCUT2D eigenvalue weighted by Gasteiger charge is -2.18.